The van der Waals surface area contributed by atoms with Crippen LogP contribution in [0.4, 0.5) is 4.79 Å². The molecule has 2 amide bonds. The summed E-state index contributed by atoms with van der Waals surface area (Å²) < 4.78 is 0. The zero-order valence-electron chi connectivity index (χ0n) is 12.6. The Bertz CT molecular complexity index is 613. The maximum Gasteiger partial charge on any atom is 0.318 e. The second kappa shape index (κ2) is 6.56. The minimum Gasteiger partial charge on any atom is -0.334 e. The third kappa shape index (κ3) is 3.42. The van der Waals surface area contributed by atoms with Gasteiger partial charge in [-0.2, -0.15) is 0 Å². The fraction of sp³-hybridized carbons (Fsp3) is 0.353. The number of hydrogen-bond donors (Lipinski definition) is 1. The quantitative estimate of drug-likeness (QED) is 0.923. The molecule has 5 heteroatoms. The van der Waals surface area contributed by atoms with Crippen molar-refractivity contribution in [2.75, 3.05) is 0 Å². The molecule has 3 rings (SSSR count). The molecule has 0 saturated heterocycles. The molecular weight excluding hydrogens is 276 g/mol. The molecule has 1 aliphatic rings. The van der Waals surface area contributed by atoms with Gasteiger partial charge < -0.3 is 10.2 Å². The zero-order chi connectivity index (χ0) is 15.4. The molecule has 5 nitrogen and oxygen atoms in total. The molecule has 0 spiro atoms. The van der Waals surface area contributed by atoms with Crippen molar-refractivity contribution in [3.8, 4) is 0 Å². The summed E-state index contributed by atoms with van der Waals surface area (Å²) in [5, 5.41) is 2.99. The van der Waals surface area contributed by atoms with E-state index in [2.05, 4.69) is 15.3 Å². The number of aromatic nitrogens is 2. The largest absolute Gasteiger partial charge is 0.334 e. The Hall–Kier alpha value is -2.43. The molecule has 2 aromatic heterocycles. The van der Waals surface area contributed by atoms with Crippen LogP contribution in [0, 0.1) is 0 Å². The van der Waals surface area contributed by atoms with Gasteiger partial charge in [0, 0.05) is 31.2 Å². The summed E-state index contributed by atoms with van der Waals surface area (Å²) in [6, 6.07) is 9.90. The highest BCUT2D eigenvalue weighted by Gasteiger charge is 2.36. The molecule has 1 saturated carbocycles. The molecule has 1 unspecified atom stereocenters. The number of rotatable bonds is 5. The topological polar surface area (TPSA) is 58.1 Å². The van der Waals surface area contributed by atoms with Crippen molar-refractivity contribution >= 4 is 6.03 Å². The van der Waals surface area contributed by atoms with Gasteiger partial charge in [0.25, 0.3) is 0 Å². The van der Waals surface area contributed by atoms with Gasteiger partial charge in [-0.3, -0.25) is 9.97 Å². The number of nitrogens with zero attached hydrogens (tertiary/aromatic N) is 3. The Morgan fingerprint density at radius 1 is 1.32 bits per heavy atom. The lowest BCUT2D eigenvalue weighted by atomic mass is 10.2. The van der Waals surface area contributed by atoms with E-state index in [1.807, 2.05) is 42.2 Å². The molecule has 0 aromatic carbocycles. The van der Waals surface area contributed by atoms with E-state index < -0.39 is 0 Å². The summed E-state index contributed by atoms with van der Waals surface area (Å²) in [6.07, 6.45) is 7.40. The monoisotopic (exact) mass is 296 g/mol. The summed E-state index contributed by atoms with van der Waals surface area (Å²) >= 11 is 0. The summed E-state index contributed by atoms with van der Waals surface area (Å²) in [7, 11) is 0. The summed E-state index contributed by atoms with van der Waals surface area (Å²) in [4.78, 5) is 22.9. The lowest BCUT2D eigenvalue weighted by molar-refractivity contribution is 0.173. The lowest BCUT2D eigenvalue weighted by Crippen LogP contribution is -2.42. The Labute approximate surface area is 130 Å². The molecule has 22 heavy (non-hydrogen) atoms. The second-order valence-electron chi connectivity index (χ2n) is 5.59. The van der Waals surface area contributed by atoms with Crippen molar-refractivity contribution < 1.29 is 4.79 Å². The van der Waals surface area contributed by atoms with Gasteiger partial charge in [0.2, 0.25) is 0 Å². The van der Waals surface area contributed by atoms with E-state index in [9.17, 15) is 4.79 Å². The summed E-state index contributed by atoms with van der Waals surface area (Å²) in [5.74, 6) is 0. The molecule has 0 aliphatic heterocycles. The normalized spacial score (nSPS) is 15.1. The van der Waals surface area contributed by atoms with Crippen molar-refractivity contribution in [3.05, 3.63) is 60.2 Å². The second-order valence-corrected chi connectivity index (χ2v) is 5.59. The number of carbonyl (C=O) groups excluding carboxylic acids is 1. The van der Waals surface area contributed by atoms with Crippen molar-refractivity contribution in [2.24, 2.45) is 0 Å². The molecule has 2 aromatic rings. The number of amides is 2. The van der Waals surface area contributed by atoms with Crippen molar-refractivity contribution in [1.82, 2.24) is 20.2 Å². The van der Waals surface area contributed by atoms with Crippen LogP contribution in [0.2, 0.25) is 0 Å². The predicted molar refractivity (Wildman–Crippen MR) is 84.0 cm³/mol. The average Bonchev–Trinajstić information content (AvgIpc) is 3.40. The highest BCUT2D eigenvalue weighted by molar-refractivity contribution is 5.75. The Morgan fingerprint density at radius 3 is 2.82 bits per heavy atom. The van der Waals surface area contributed by atoms with Crippen LogP contribution in [0.5, 0.6) is 0 Å². The van der Waals surface area contributed by atoms with Crippen LogP contribution >= 0.6 is 0 Å². The lowest BCUT2D eigenvalue weighted by Gasteiger charge is -2.29. The van der Waals surface area contributed by atoms with Gasteiger partial charge >= 0.3 is 6.03 Å². The zero-order valence-corrected chi connectivity index (χ0v) is 12.6. The van der Waals surface area contributed by atoms with Crippen molar-refractivity contribution in [1.29, 1.82) is 0 Å². The molecule has 0 bridgehead atoms. The highest BCUT2D eigenvalue weighted by Crippen LogP contribution is 2.33. The SMILES string of the molecule is CC(c1ccccn1)N(C(=O)NCc1cccnc1)C1CC1. The van der Waals surface area contributed by atoms with Crippen LogP contribution < -0.4 is 5.32 Å². The van der Waals surface area contributed by atoms with Crippen LogP contribution in [0.3, 0.4) is 0 Å². The molecule has 114 valence electrons. The smallest absolute Gasteiger partial charge is 0.318 e. The third-order valence-corrected chi connectivity index (χ3v) is 3.87. The predicted octanol–water partition coefficient (Wildman–Crippen LogP) is 2.91. The van der Waals surface area contributed by atoms with E-state index in [0.29, 0.717) is 12.6 Å². The first-order valence-electron chi connectivity index (χ1n) is 7.61. The van der Waals surface area contributed by atoms with E-state index >= 15 is 0 Å². The first-order valence-corrected chi connectivity index (χ1v) is 7.61. The van der Waals surface area contributed by atoms with Crippen molar-refractivity contribution in [3.63, 3.8) is 0 Å². The fourth-order valence-corrected chi connectivity index (χ4v) is 2.55. The van der Waals surface area contributed by atoms with E-state index in [-0.39, 0.29) is 12.1 Å². The van der Waals surface area contributed by atoms with E-state index in [4.69, 9.17) is 0 Å². The van der Waals surface area contributed by atoms with E-state index in [0.717, 1.165) is 24.1 Å². The number of nitrogens with one attached hydrogen (secondary N) is 1. The molecule has 1 aliphatic carbocycles. The molecule has 1 N–H and O–H groups in total. The third-order valence-electron chi connectivity index (χ3n) is 3.87. The number of hydrogen-bond acceptors (Lipinski definition) is 3. The molecule has 0 radical (unpaired) electrons. The van der Waals surface area contributed by atoms with Crippen LogP contribution in [0.1, 0.15) is 37.1 Å². The Kier molecular flexibility index (Phi) is 4.32. The molecule has 1 atom stereocenters. The Morgan fingerprint density at radius 2 is 2.18 bits per heavy atom. The van der Waals surface area contributed by atoms with E-state index in [1.165, 1.54) is 0 Å². The van der Waals surface area contributed by atoms with Crippen molar-refractivity contribution in [2.45, 2.75) is 38.4 Å². The number of carbonyl (C=O) groups is 1. The molecular formula is C17H20N4O. The minimum atomic E-state index is -0.0375. The van der Waals surface area contributed by atoms with Crippen LogP contribution in [-0.2, 0) is 6.54 Å². The van der Waals surface area contributed by atoms with Crippen LogP contribution in [0.15, 0.2) is 48.9 Å². The van der Waals surface area contributed by atoms with Gasteiger partial charge in [-0.05, 0) is 43.5 Å². The Balaban J connectivity index is 1.67. The summed E-state index contributed by atoms with van der Waals surface area (Å²) in [5.41, 5.74) is 1.92. The van der Waals surface area contributed by atoms with E-state index in [1.54, 1.807) is 18.6 Å². The first-order chi connectivity index (χ1) is 10.8. The number of pyridine rings is 2. The van der Waals surface area contributed by atoms with Gasteiger partial charge in [0.1, 0.15) is 0 Å². The van der Waals surface area contributed by atoms with Crippen LogP contribution in [0.25, 0.3) is 0 Å². The van der Waals surface area contributed by atoms with Gasteiger partial charge in [-0.25, -0.2) is 4.79 Å². The fourth-order valence-electron chi connectivity index (χ4n) is 2.55. The standard InChI is InChI=1S/C17H20N4O/c1-13(16-6-2-3-10-19-16)21(15-7-8-15)17(22)20-12-14-5-4-9-18-11-14/h2-6,9-11,13,15H,7-8,12H2,1H3,(H,20,22). The van der Waals surface area contributed by atoms with Gasteiger partial charge in [0.05, 0.1) is 11.7 Å². The maximum atomic E-state index is 12.6. The highest BCUT2D eigenvalue weighted by atomic mass is 16.2. The molecule has 2 heterocycles. The van der Waals surface area contributed by atoms with Gasteiger partial charge in [0.15, 0.2) is 0 Å². The first kappa shape index (κ1) is 14.5. The van der Waals surface area contributed by atoms with Crippen LogP contribution in [-0.4, -0.2) is 26.9 Å². The number of urea groups is 1. The van der Waals surface area contributed by atoms with Gasteiger partial charge in [-0.15, -0.1) is 0 Å². The van der Waals surface area contributed by atoms with Gasteiger partial charge in [-0.1, -0.05) is 12.1 Å². The summed E-state index contributed by atoms with van der Waals surface area (Å²) in [6.45, 7) is 2.52. The minimum absolute atomic E-state index is 0.0254. The average molecular weight is 296 g/mol. The maximum absolute atomic E-state index is 12.6. The molecule has 1 fully saturated rings.